The van der Waals surface area contributed by atoms with Crippen LogP contribution < -0.4 is 10.2 Å². The van der Waals surface area contributed by atoms with Crippen LogP contribution in [0.5, 0.6) is 0 Å². The van der Waals surface area contributed by atoms with E-state index in [4.69, 9.17) is 16.6 Å². The number of amides is 2. The van der Waals surface area contributed by atoms with Crippen LogP contribution >= 0.6 is 23.4 Å². The number of fused-ring (bicyclic) bond motifs is 1. The first-order chi connectivity index (χ1) is 16.2. The van der Waals surface area contributed by atoms with E-state index in [2.05, 4.69) is 23.2 Å². The van der Waals surface area contributed by atoms with Crippen molar-refractivity contribution < 1.29 is 4.79 Å². The molecule has 2 fully saturated rings. The number of nitrogens with zero attached hydrogens (tertiary/aromatic N) is 3. The van der Waals surface area contributed by atoms with Crippen LogP contribution in [-0.2, 0) is 5.75 Å². The van der Waals surface area contributed by atoms with Gasteiger partial charge in [0.25, 0.3) is 0 Å². The van der Waals surface area contributed by atoms with Crippen LogP contribution in [0.25, 0.3) is 0 Å². The lowest BCUT2D eigenvalue weighted by molar-refractivity contribution is 0.184. The Labute approximate surface area is 203 Å². The first-order valence-electron chi connectivity index (χ1n) is 11.2. The molecule has 5 nitrogen and oxygen atoms in total. The number of carbonyl (C=O) groups excluding carboxylic acids is 1. The number of thioether (sulfide) groups is 1. The van der Waals surface area contributed by atoms with Crippen molar-refractivity contribution in [3.8, 4) is 0 Å². The number of para-hydroxylation sites is 1. The fourth-order valence-corrected chi connectivity index (χ4v) is 5.35. The molecule has 0 aromatic heterocycles. The predicted octanol–water partition coefficient (Wildman–Crippen LogP) is 5.60. The monoisotopic (exact) mass is 476 g/mol. The van der Waals surface area contributed by atoms with E-state index in [0.29, 0.717) is 11.6 Å². The zero-order valence-electron chi connectivity index (χ0n) is 18.2. The molecule has 5 rings (SSSR count). The van der Waals surface area contributed by atoms with Crippen molar-refractivity contribution in [3.63, 3.8) is 0 Å². The minimum Gasteiger partial charge on any atom is -0.317 e. The van der Waals surface area contributed by atoms with Crippen molar-refractivity contribution in [2.75, 3.05) is 24.5 Å². The molecule has 3 aliphatic heterocycles. The third-order valence-electron chi connectivity index (χ3n) is 6.04. The van der Waals surface area contributed by atoms with Gasteiger partial charge >= 0.3 is 6.03 Å². The maximum Gasteiger partial charge on any atom is 0.330 e. The van der Waals surface area contributed by atoms with Crippen LogP contribution in [0.2, 0.25) is 5.02 Å². The summed E-state index contributed by atoms with van der Waals surface area (Å²) in [6.07, 6.45) is 5.61. The van der Waals surface area contributed by atoms with Gasteiger partial charge in [0.15, 0.2) is 0 Å². The second-order valence-corrected chi connectivity index (χ2v) is 9.61. The lowest BCUT2D eigenvalue weighted by atomic mass is 10.00. The van der Waals surface area contributed by atoms with Crippen LogP contribution in [0.1, 0.15) is 18.4 Å². The van der Waals surface area contributed by atoms with Gasteiger partial charge in [0.1, 0.15) is 5.04 Å². The molecule has 0 saturated carbocycles. The van der Waals surface area contributed by atoms with Gasteiger partial charge in [-0.25, -0.2) is 9.79 Å². The Kier molecular flexibility index (Phi) is 6.70. The van der Waals surface area contributed by atoms with Gasteiger partial charge in [0.2, 0.25) is 0 Å². The quantitative estimate of drug-likeness (QED) is 0.584. The standard InChI is InChI=1S/C26H25ClN4OS/c27-22-8-4-5-9-24(22)30-17-20-16-29-25(33-18-19-6-2-1-3-7-19)11-10-23(20)31(26(30)32)21-12-14-28-15-13-21/h1-9,11,16,21,28H,12-15,17-18H2. The first kappa shape index (κ1) is 22.1. The Morgan fingerprint density at radius 2 is 1.85 bits per heavy atom. The van der Waals surface area contributed by atoms with Crippen molar-refractivity contribution in [1.82, 2.24) is 10.2 Å². The molecule has 2 aromatic carbocycles. The van der Waals surface area contributed by atoms with Gasteiger partial charge in [0, 0.05) is 29.6 Å². The van der Waals surface area contributed by atoms with E-state index >= 15 is 0 Å². The SMILES string of the molecule is O=C1N(c2ccccc2Cl)CC2=CN=C(SCc3ccccc3)C=C=C2N1C1CCNCC1. The Morgan fingerprint density at radius 1 is 1.09 bits per heavy atom. The Bertz CT molecular complexity index is 1160. The number of piperidine rings is 1. The molecule has 0 spiro atoms. The summed E-state index contributed by atoms with van der Waals surface area (Å²) in [5, 5.41) is 4.84. The highest BCUT2D eigenvalue weighted by Gasteiger charge is 2.39. The molecule has 0 unspecified atom stereocenters. The Hall–Kier alpha value is -2.76. The van der Waals surface area contributed by atoms with Crippen molar-refractivity contribution >= 4 is 40.1 Å². The molecule has 33 heavy (non-hydrogen) atoms. The maximum atomic E-state index is 13.8. The van der Waals surface area contributed by atoms with Gasteiger partial charge < -0.3 is 5.32 Å². The highest BCUT2D eigenvalue weighted by molar-refractivity contribution is 8.13. The number of hydrogen-bond acceptors (Lipinski definition) is 4. The summed E-state index contributed by atoms with van der Waals surface area (Å²) >= 11 is 8.16. The Balaban J connectivity index is 1.48. The highest BCUT2D eigenvalue weighted by Crippen LogP contribution is 2.36. The van der Waals surface area contributed by atoms with Crippen LogP contribution in [0.15, 0.2) is 88.9 Å². The van der Waals surface area contributed by atoms with E-state index in [0.717, 1.165) is 53.7 Å². The average molecular weight is 477 g/mol. The smallest absolute Gasteiger partial charge is 0.317 e. The van der Waals surface area contributed by atoms with Gasteiger partial charge in [-0.05, 0) is 43.6 Å². The number of anilines is 1. The van der Waals surface area contributed by atoms with E-state index in [1.165, 1.54) is 5.56 Å². The number of nitrogens with one attached hydrogen (secondary N) is 1. The molecule has 0 radical (unpaired) electrons. The molecule has 7 heteroatoms. The third-order valence-corrected chi connectivity index (χ3v) is 7.35. The van der Waals surface area contributed by atoms with Crippen LogP contribution in [-0.4, -0.2) is 41.7 Å². The molecule has 3 aliphatic rings. The Morgan fingerprint density at radius 3 is 2.64 bits per heavy atom. The zero-order valence-corrected chi connectivity index (χ0v) is 19.8. The zero-order chi connectivity index (χ0) is 22.6. The van der Waals surface area contributed by atoms with E-state index < -0.39 is 0 Å². The highest BCUT2D eigenvalue weighted by atomic mass is 35.5. The van der Waals surface area contributed by atoms with E-state index in [9.17, 15) is 4.79 Å². The molecular weight excluding hydrogens is 452 g/mol. The first-order valence-corrected chi connectivity index (χ1v) is 12.5. The lowest BCUT2D eigenvalue weighted by Crippen LogP contribution is -2.55. The summed E-state index contributed by atoms with van der Waals surface area (Å²) in [6.45, 7) is 2.21. The minimum absolute atomic E-state index is 0.0524. The number of benzene rings is 2. The molecular formula is C26H25ClN4OS. The number of rotatable bonds is 4. The normalized spacial score (nSPS) is 18.9. The molecule has 0 bridgehead atoms. The molecule has 0 aliphatic carbocycles. The van der Waals surface area contributed by atoms with Crippen LogP contribution in [0, 0.1) is 0 Å². The number of carbonyl (C=O) groups is 1. The summed E-state index contributed by atoms with van der Waals surface area (Å²) in [5.41, 5.74) is 7.20. The predicted molar refractivity (Wildman–Crippen MR) is 137 cm³/mol. The van der Waals surface area contributed by atoms with Crippen molar-refractivity contribution in [3.05, 3.63) is 94.5 Å². The van der Waals surface area contributed by atoms with Gasteiger partial charge in [-0.15, -0.1) is 11.8 Å². The van der Waals surface area contributed by atoms with E-state index in [1.807, 2.05) is 59.6 Å². The summed E-state index contributed by atoms with van der Waals surface area (Å²) in [5.74, 6) is 0.832. The summed E-state index contributed by atoms with van der Waals surface area (Å²) in [7, 11) is 0. The molecule has 1 N–H and O–H groups in total. The maximum absolute atomic E-state index is 13.8. The largest absolute Gasteiger partial charge is 0.330 e. The van der Waals surface area contributed by atoms with E-state index in [1.54, 1.807) is 16.7 Å². The molecule has 2 saturated heterocycles. The molecule has 3 heterocycles. The lowest BCUT2D eigenvalue weighted by Gasteiger charge is -2.43. The fraction of sp³-hybridized carbons (Fsp3) is 0.269. The second-order valence-electron chi connectivity index (χ2n) is 8.20. The molecule has 2 amide bonds. The topological polar surface area (TPSA) is 47.9 Å². The number of halogens is 1. The number of hydrogen-bond donors (Lipinski definition) is 1. The van der Waals surface area contributed by atoms with Crippen molar-refractivity contribution in [1.29, 1.82) is 0 Å². The molecule has 2 aromatic rings. The minimum atomic E-state index is -0.0524. The fourth-order valence-electron chi connectivity index (χ4n) is 4.34. The average Bonchev–Trinajstić information content (AvgIpc) is 3.06. The van der Waals surface area contributed by atoms with Crippen molar-refractivity contribution in [2.45, 2.75) is 24.6 Å². The van der Waals surface area contributed by atoms with Crippen molar-refractivity contribution in [2.24, 2.45) is 4.99 Å². The van der Waals surface area contributed by atoms with Crippen LogP contribution in [0.3, 0.4) is 0 Å². The summed E-state index contributed by atoms with van der Waals surface area (Å²) in [6, 6.07) is 17.9. The third kappa shape index (κ3) is 4.80. The van der Waals surface area contributed by atoms with Gasteiger partial charge in [0.05, 0.1) is 23.0 Å². The summed E-state index contributed by atoms with van der Waals surface area (Å²) in [4.78, 5) is 22.2. The molecule has 168 valence electrons. The van der Waals surface area contributed by atoms with Gasteiger partial charge in [-0.1, -0.05) is 59.8 Å². The molecule has 0 atom stereocenters. The van der Waals surface area contributed by atoms with Gasteiger partial charge in [-0.2, -0.15) is 0 Å². The number of urea groups is 1. The van der Waals surface area contributed by atoms with Crippen LogP contribution in [0.4, 0.5) is 10.5 Å². The number of aliphatic imine (C=N–C) groups is 1. The van der Waals surface area contributed by atoms with E-state index in [-0.39, 0.29) is 12.1 Å². The van der Waals surface area contributed by atoms with Gasteiger partial charge in [-0.3, -0.25) is 9.80 Å². The second kappa shape index (κ2) is 10.0. The summed E-state index contributed by atoms with van der Waals surface area (Å²) < 4.78 is 0.